The fraction of sp³-hybridized carbons (Fsp3) is 0.312. The molecule has 0 radical (unpaired) electrons. The number of benzene rings is 2. The van der Waals surface area contributed by atoms with Gasteiger partial charge in [0.05, 0.1) is 12.7 Å². The average molecular weight is 336 g/mol. The first-order chi connectivity index (χ1) is 9.56. The molecule has 0 aliphatic heterocycles. The van der Waals surface area contributed by atoms with Crippen LogP contribution in [0.3, 0.4) is 0 Å². The Kier molecular flexibility index (Phi) is 5.15. The average Bonchev–Trinajstić information content (AvgIpc) is 2.42. The molecule has 1 amide bonds. The third kappa shape index (κ3) is 4.05. The molecule has 0 saturated heterocycles. The molecule has 20 heavy (non-hydrogen) atoms. The van der Waals surface area contributed by atoms with Crippen molar-refractivity contribution < 1.29 is 9.53 Å². The van der Waals surface area contributed by atoms with Crippen molar-refractivity contribution in [2.75, 3.05) is 13.2 Å². The Labute approximate surface area is 127 Å². The molecule has 0 fully saturated rings. The summed E-state index contributed by atoms with van der Waals surface area (Å²) in [5.41, 5.74) is 0.671. The van der Waals surface area contributed by atoms with Crippen LogP contribution in [0.2, 0.25) is 0 Å². The SMILES string of the molecule is CC(C)OCCNC(=O)c1ccc2cc(Br)ccc2c1. The van der Waals surface area contributed by atoms with Gasteiger partial charge in [0.25, 0.3) is 5.91 Å². The first-order valence-electron chi connectivity index (χ1n) is 6.65. The maximum atomic E-state index is 12.0. The van der Waals surface area contributed by atoms with Crippen molar-refractivity contribution in [3.05, 3.63) is 46.4 Å². The van der Waals surface area contributed by atoms with E-state index in [0.29, 0.717) is 18.7 Å². The van der Waals surface area contributed by atoms with E-state index in [-0.39, 0.29) is 12.0 Å². The number of hydrogen-bond donors (Lipinski definition) is 1. The molecule has 2 aromatic carbocycles. The highest BCUT2D eigenvalue weighted by atomic mass is 79.9. The predicted octanol–water partition coefficient (Wildman–Crippen LogP) is 3.76. The molecule has 0 spiro atoms. The molecule has 0 saturated carbocycles. The fourth-order valence-electron chi connectivity index (χ4n) is 1.92. The molecule has 2 aromatic rings. The summed E-state index contributed by atoms with van der Waals surface area (Å²) in [7, 11) is 0. The summed E-state index contributed by atoms with van der Waals surface area (Å²) in [5.74, 6) is -0.0674. The minimum absolute atomic E-state index is 0.0674. The quantitative estimate of drug-likeness (QED) is 0.845. The van der Waals surface area contributed by atoms with E-state index in [0.717, 1.165) is 15.2 Å². The van der Waals surface area contributed by atoms with Crippen molar-refractivity contribution in [1.82, 2.24) is 5.32 Å². The van der Waals surface area contributed by atoms with E-state index in [1.54, 1.807) is 0 Å². The minimum atomic E-state index is -0.0674. The summed E-state index contributed by atoms with van der Waals surface area (Å²) in [5, 5.41) is 5.02. The van der Waals surface area contributed by atoms with Gasteiger partial charge in [0, 0.05) is 16.6 Å². The predicted molar refractivity (Wildman–Crippen MR) is 85.1 cm³/mol. The van der Waals surface area contributed by atoms with Crippen molar-refractivity contribution in [1.29, 1.82) is 0 Å². The highest BCUT2D eigenvalue weighted by Gasteiger charge is 2.06. The van der Waals surface area contributed by atoms with Crippen LogP contribution in [0.25, 0.3) is 10.8 Å². The highest BCUT2D eigenvalue weighted by Crippen LogP contribution is 2.20. The third-order valence-corrected chi connectivity index (χ3v) is 3.40. The lowest BCUT2D eigenvalue weighted by molar-refractivity contribution is 0.0746. The maximum Gasteiger partial charge on any atom is 0.251 e. The van der Waals surface area contributed by atoms with Gasteiger partial charge in [0.15, 0.2) is 0 Å². The summed E-state index contributed by atoms with van der Waals surface area (Å²) >= 11 is 3.44. The number of fused-ring (bicyclic) bond motifs is 1. The zero-order valence-electron chi connectivity index (χ0n) is 11.7. The van der Waals surface area contributed by atoms with Gasteiger partial charge in [0.2, 0.25) is 0 Å². The number of carbonyl (C=O) groups excluding carboxylic acids is 1. The van der Waals surface area contributed by atoms with E-state index in [9.17, 15) is 4.79 Å². The second-order valence-electron chi connectivity index (χ2n) is 4.88. The molecular weight excluding hydrogens is 318 g/mol. The van der Waals surface area contributed by atoms with Gasteiger partial charge in [-0.25, -0.2) is 0 Å². The molecular formula is C16H18BrNO2. The van der Waals surface area contributed by atoms with E-state index < -0.39 is 0 Å². The van der Waals surface area contributed by atoms with Crippen LogP contribution in [0.15, 0.2) is 40.9 Å². The molecule has 0 bridgehead atoms. The second-order valence-corrected chi connectivity index (χ2v) is 5.80. The van der Waals surface area contributed by atoms with Crippen LogP contribution in [0.1, 0.15) is 24.2 Å². The molecule has 0 aliphatic rings. The fourth-order valence-corrected chi connectivity index (χ4v) is 2.30. The molecule has 0 heterocycles. The minimum Gasteiger partial charge on any atom is -0.377 e. The van der Waals surface area contributed by atoms with E-state index in [4.69, 9.17) is 4.74 Å². The van der Waals surface area contributed by atoms with Crippen molar-refractivity contribution >= 4 is 32.6 Å². The van der Waals surface area contributed by atoms with Gasteiger partial charge in [0.1, 0.15) is 0 Å². The monoisotopic (exact) mass is 335 g/mol. The second kappa shape index (κ2) is 6.86. The molecule has 0 aliphatic carbocycles. The number of nitrogens with one attached hydrogen (secondary N) is 1. The van der Waals surface area contributed by atoms with Gasteiger partial charge in [-0.2, -0.15) is 0 Å². The van der Waals surface area contributed by atoms with E-state index >= 15 is 0 Å². The maximum absolute atomic E-state index is 12.0. The van der Waals surface area contributed by atoms with Gasteiger partial charge < -0.3 is 10.1 Å². The Bertz CT molecular complexity index is 610. The van der Waals surface area contributed by atoms with Gasteiger partial charge in [-0.15, -0.1) is 0 Å². The van der Waals surface area contributed by atoms with Crippen LogP contribution in [-0.4, -0.2) is 25.2 Å². The summed E-state index contributed by atoms with van der Waals surface area (Å²) in [6, 6.07) is 11.7. The zero-order valence-corrected chi connectivity index (χ0v) is 13.2. The van der Waals surface area contributed by atoms with Crippen LogP contribution in [-0.2, 0) is 4.74 Å². The molecule has 3 nitrogen and oxygen atoms in total. The largest absolute Gasteiger partial charge is 0.377 e. The topological polar surface area (TPSA) is 38.3 Å². The summed E-state index contributed by atoms with van der Waals surface area (Å²) in [6.45, 7) is 5.01. The van der Waals surface area contributed by atoms with Gasteiger partial charge in [-0.1, -0.05) is 28.1 Å². The molecule has 0 unspecified atom stereocenters. The summed E-state index contributed by atoms with van der Waals surface area (Å²) in [6.07, 6.45) is 0.186. The van der Waals surface area contributed by atoms with Gasteiger partial charge >= 0.3 is 0 Å². The smallest absolute Gasteiger partial charge is 0.251 e. The molecule has 1 N–H and O–H groups in total. The number of ether oxygens (including phenoxy) is 1. The van der Waals surface area contributed by atoms with Crippen molar-refractivity contribution in [3.63, 3.8) is 0 Å². The van der Waals surface area contributed by atoms with Crippen molar-refractivity contribution in [2.45, 2.75) is 20.0 Å². The standard InChI is InChI=1S/C16H18BrNO2/c1-11(2)20-8-7-18-16(19)14-4-3-13-10-15(17)6-5-12(13)9-14/h3-6,9-11H,7-8H2,1-2H3,(H,18,19). The van der Waals surface area contributed by atoms with Crippen LogP contribution in [0, 0.1) is 0 Å². The number of hydrogen-bond acceptors (Lipinski definition) is 2. The molecule has 106 valence electrons. The van der Waals surface area contributed by atoms with E-state index in [2.05, 4.69) is 21.2 Å². The Morgan fingerprint density at radius 2 is 1.90 bits per heavy atom. The summed E-state index contributed by atoms with van der Waals surface area (Å²) < 4.78 is 6.43. The summed E-state index contributed by atoms with van der Waals surface area (Å²) in [4.78, 5) is 12.0. The first-order valence-corrected chi connectivity index (χ1v) is 7.44. The number of carbonyl (C=O) groups is 1. The number of halogens is 1. The highest BCUT2D eigenvalue weighted by molar-refractivity contribution is 9.10. The van der Waals surface area contributed by atoms with E-state index in [1.807, 2.05) is 50.2 Å². The van der Waals surface area contributed by atoms with E-state index in [1.165, 1.54) is 0 Å². The Balaban J connectivity index is 2.01. The lowest BCUT2D eigenvalue weighted by Crippen LogP contribution is -2.28. The van der Waals surface area contributed by atoms with Crippen LogP contribution in [0.5, 0.6) is 0 Å². The lowest BCUT2D eigenvalue weighted by Gasteiger charge is -2.09. The van der Waals surface area contributed by atoms with Crippen molar-refractivity contribution in [2.24, 2.45) is 0 Å². The molecule has 0 aromatic heterocycles. The van der Waals surface area contributed by atoms with Crippen molar-refractivity contribution in [3.8, 4) is 0 Å². The Morgan fingerprint density at radius 1 is 1.20 bits per heavy atom. The number of rotatable bonds is 5. The van der Waals surface area contributed by atoms with Gasteiger partial charge in [-0.05, 0) is 48.9 Å². The molecule has 0 atom stereocenters. The Hall–Kier alpha value is -1.39. The third-order valence-electron chi connectivity index (χ3n) is 2.90. The van der Waals surface area contributed by atoms with Crippen LogP contribution >= 0.6 is 15.9 Å². The number of amides is 1. The normalized spacial score (nSPS) is 11.0. The zero-order chi connectivity index (χ0) is 14.5. The molecule has 4 heteroatoms. The lowest BCUT2D eigenvalue weighted by atomic mass is 10.1. The van der Waals surface area contributed by atoms with Gasteiger partial charge in [-0.3, -0.25) is 4.79 Å². The van der Waals surface area contributed by atoms with Crippen LogP contribution in [0.4, 0.5) is 0 Å². The molecule has 2 rings (SSSR count). The first kappa shape index (κ1) is 15.0. The Morgan fingerprint density at radius 3 is 2.65 bits per heavy atom. The van der Waals surface area contributed by atoms with Crippen LogP contribution < -0.4 is 5.32 Å².